The van der Waals surface area contributed by atoms with Gasteiger partial charge in [-0.15, -0.1) is 0 Å². The van der Waals surface area contributed by atoms with Crippen LogP contribution in [0.15, 0.2) is 24.3 Å². The predicted octanol–water partition coefficient (Wildman–Crippen LogP) is 2.69. The molecule has 1 aliphatic rings. The Morgan fingerprint density at radius 1 is 1.45 bits per heavy atom. The highest BCUT2D eigenvalue weighted by atomic mass is 19.4. The Morgan fingerprint density at radius 2 is 2.20 bits per heavy atom. The Labute approximate surface area is 114 Å². The van der Waals surface area contributed by atoms with Gasteiger partial charge in [-0.05, 0) is 31.0 Å². The first-order chi connectivity index (χ1) is 9.41. The van der Waals surface area contributed by atoms with E-state index in [0.29, 0.717) is 13.0 Å². The van der Waals surface area contributed by atoms with Crippen LogP contribution in [0, 0.1) is 0 Å². The number of aliphatic hydroxyl groups excluding tert-OH is 1. The number of carbonyl (C=O) groups excluding carboxylic acids is 1. The minimum atomic E-state index is -4.44. The molecule has 0 bridgehead atoms. The SMILES string of the molecule is O=C(Nc1cccc(C(F)(F)F)c1)N1CCC[C@H]1CO. The van der Waals surface area contributed by atoms with Crippen molar-refractivity contribution in [1.82, 2.24) is 4.90 Å². The van der Waals surface area contributed by atoms with Crippen LogP contribution in [-0.2, 0) is 6.18 Å². The summed E-state index contributed by atoms with van der Waals surface area (Å²) in [6.45, 7) is 0.353. The molecule has 1 atom stereocenters. The molecule has 1 heterocycles. The number of hydrogen-bond donors (Lipinski definition) is 2. The van der Waals surface area contributed by atoms with Crippen LogP contribution < -0.4 is 5.32 Å². The van der Waals surface area contributed by atoms with Crippen molar-refractivity contribution in [3.05, 3.63) is 29.8 Å². The van der Waals surface area contributed by atoms with Crippen molar-refractivity contribution < 1.29 is 23.1 Å². The van der Waals surface area contributed by atoms with Crippen LogP contribution in [0.3, 0.4) is 0 Å². The van der Waals surface area contributed by atoms with E-state index in [1.165, 1.54) is 17.0 Å². The summed E-state index contributed by atoms with van der Waals surface area (Å²) in [7, 11) is 0. The van der Waals surface area contributed by atoms with Gasteiger partial charge in [0.25, 0.3) is 0 Å². The quantitative estimate of drug-likeness (QED) is 0.879. The Hall–Kier alpha value is -1.76. The Morgan fingerprint density at radius 3 is 2.85 bits per heavy atom. The first kappa shape index (κ1) is 14.6. The summed E-state index contributed by atoms with van der Waals surface area (Å²) >= 11 is 0. The lowest BCUT2D eigenvalue weighted by Gasteiger charge is -2.23. The van der Waals surface area contributed by atoms with E-state index < -0.39 is 17.8 Å². The topological polar surface area (TPSA) is 52.6 Å². The summed E-state index contributed by atoms with van der Waals surface area (Å²) < 4.78 is 37.7. The molecular weight excluding hydrogens is 273 g/mol. The van der Waals surface area contributed by atoms with E-state index >= 15 is 0 Å². The second kappa shape index (κ2) is 5.70. The maximum Gasteiger partial charge on any atom is 0.416 e. The zero-order chi connectivity index (χ0) is 14.8. The molecule has 110 valence electrons. The minimum Gasteiger partial charge on any atom is -0.394 e. The van der Waals surface area contributed by atoms with E-state index in [1.54, 1.807) is 0 Å². The number of hydrogen-bond acceptors (Lipinski definition) is 2. The van der Waals surface area contributed by atoms with E-state index in [0.717, 1.165) is 18.6 Å². The van der Waals surface area contributed by atoms with Gasteiger partial charge in [-0.25, -0.2) is 4.79 Å². The van der Waals surface area contributed by atoms with Crippen molar-refractivity contribution in [3.8, 4) is 0 Å². The molecule has 1 saturated heterocycles. The third-order valence-corrected chi connectivity index (χ3v) is 3.29. The van der Waals surface area contributed by atoms with E-state index in [2.05, 4.69) is 5.32 Å². The number of urea groups is 1. The van der Waals surface area contributed by atoms with Crippen LogP contribution in [0.5, 0.6) is 0 Å². The van der Waals surface area contributed by atoms with E-state index in [1.807, 2.05) is 0 Å². The fraction of sp³-hybridized carbons (Fsp3) is 0.462. The molecule has 1 aromatic carbocycles. The highest BCUT2D eigenvalue weighted by molar-refractivity contribution is 5.89. The summed E-state index contributed by atoms with van der Waals surface area (Å²) in [5, 5.41) is 11.6. The van der Waals surface area contributed by atoms with Crippen molar-refractivity contribution in [2.75, 3.05) is 18.5 Å². The summed E-state index contributed by atoms with van der Waals surface area (Å²) in [4.78, 5) is 13.4. The van der Waals surface area contributed by atoms with Gasteiger partial charge >= 0.3 is 12.2 Å². The fourth-order valence-corrected chi connectivity index (χ4v) is 2.26. The Kier molecular flexibility index (Phi) is 4.17. The molecule has 0 aliphatic carbocycles. The zero-order valence-electron chi connectivity index (χ0n) is 10.7. The van der Waals surface area contributed by atoms with Crippen molar-refractivity contribution >= 4 is 11.7 Å². The largest absolute Gasteiger partial charge is 0.416 e. The molecule has 2 rings (SSSR count). The Balaban J connectivity index is 2.08. The molecule has 0 saturated carbocycles. The molecule has 2 N–H and O–H groups in total. The van der Waals surface area contributed by atoms with Gasteiger partial charge in [-0.2, -0.15) is 13.2 Å². The molecule has 0 aromatic heterocycles. The number of nitrogens with zero attached hydrogens (tertiary/aromatic N) is 1. The smallest absolute Gasteiger partial charge is 0.394 e. The first-order valence-corrected chi connectivity index (χ1v) is 6.27. The number of alkyl halides is 3. The fourth-order valence-electron chi connectivity index (χ4n) is 2.26. The van der Waals surface area contributed by atoms with Crippen LogP contribution in [0.1, 0.15) is 18.4 Å². The number of anilines is 1. The third kappa shape index (κ3) is 3.22. The second-order valence-electron chi connectivity index (χ2n) is 4.68. The molecule has 0 spiro atoms. The summed E-state index contributed by atoms with van der Waals surface area (Å²) in [5.74, 6) is 0. The molecule has 1 aliphatic heterocycles. The standard InChI is InChI=1S/C13H15F3N2O2/c14-13(15,16)9-3-1-4-10(7-9)17-12(20)18-6-2-5-11(18)8-19/h1,3-4,7,11,19H,2,5-6,8H2,(H,17,20)/t11-/m0/s1. The molecule has 1 fully saturated rings. The highest BCUT2D eigenvalue weighted by Crippen LogP contribution is 2.30. The number of carbonyl (C=O) groups is 1. The van der Waals surface area contributed by atoms with E-state index in [9.17, 15) is 18.0 Å². The van der Waals surface area contributed by atoms with Crippen molar-refractivity contribution in [3.63, 3.8) is 0 Å². The lowest BCUT2D eigenvalue weighted by Crippen LogP contribution is -2.40. The Bertz CT molecular complexity index is 491. The van der Waals surface area contributed by atoms with Crippen LogP contribution in [0.2, 0.25) is 0 Å². The molecule has 4 nitrogen and oxygen atoms in total. The van der Waals surface area contributed by atoms with Gasteiger partial charge in [0.2, 0.25) is 0 Å². The van der Waals surface area contributed by atoms with Crippen LogP contribution >= 0.6 is 0 Å². The van der Waals surface area contributed by atoms with Gasteiger partial charge in [-0.3, -0.25) is 0 Å². The normalized spacial score (nSPS) is 19.2. The lowest BCUT2D eigenvalue weighted by molar-refractivity contribution is -0.137. The van der Waals surface area contributed by atoms with E-state index in [4.69, 9.17) is 5.11 Å². The molecule has 0 unspecified atom stereocenters. The number of amides is 2. The van der Waals surface area contributed by atoms with Gasteiger partial charge in [0.05, 0.1) is 18.2 Å². The molecule has 2 amide bonds. The second-order valence-corrected chi connectivity index (χ2v) is 4.68. The molecule has 20 heavy (non-hydrogen) atoms. The van der Waals surface area contributed by atoms with Crippen molar-refractivity contribution in [2.45, 2.75) is 25.1 Å². The minimum absolute atomic E-state index is 0.0911. The number of halogens is 3. The summed E-state index contributed by atoms with van der Waals surface area (Å²) in [6, 6.07) is 3.73. The average Bonchev–Trinajstić information content (AvgIpc) is 2.86. The monoisotopic (exact) mass is 288 g/mol. The van der Waals surface area contributed by atoms with Crippen molar-refractivity contribution in [2.24, 2.45) is 0 Å². The summed E-state index contributed by atoms with van der Waals surface area (Å²) in [5.41, 5.74) is -0.719. The number of benzene rings is 1. The van der Waals surface area contributed by atoms with Gasteiger partial charge in [0, 0.05) is 12.2 Å². The molecule has 0 radical (unpaired) electrons. The number of aliphatic hydroxyl groups is 1. The zero-order valence-corrected chi connectivity index (χ0v) is 10.7. The molecular formula is C13H15F3N2O2. The van der Waals surface area contributed by atoms with Crippen LogP contribution in [0.4, 0.5) is 23.7 Å². The van der Waals surface area contributed by atoms with Crippen LogP contribution in [-0.4, -0.2) is 35.2 Å². The third-order valence-electron chi connectivity index (χ3n) is 3.29. The average molecular weight is 288 g/mol. The van der Waals surface area contributed by atoms with Gasteiger partial charge < -0.3 is 15.3 Å². The predicted molar refractivity (Wildman–Crippen MR) is 67.3 cm³/mol. The van der Waals surface area contributed by atoms with E-state index in [-0.39, 0.29) is 18.3 Å². The number of rotatable bonds is 2. The number of likely N-dealkylation sites (tertiary alicyclic amines) is 1. The maximum absolute atomic E-state index is 12.6. The summed E-state index contributed by atoms with van der Waals surface area (Å²) in [6.07, 6.45) is -2.96. The van der Waals surface area contributed by atoms with Crippen molar-refractivity contribution in [1.29, 1.82) is 0 Å². The lowest BCUT2D eigenvalue weighted by atomic mass is 10.2. The van der Waals surface area contributed by atoms with Crippen LogP contribution in [0.25, 0.3) is 0 Å². The highest BCUT2D eigenvalue weighted by Gasteiger charge is 2.31. The van der Waals surface area contributed by atoms with Gasteiger partial charge in [-0.1, -0.05) is 6.07 Å². The molecule has 7 heteroatoms. The van der Waals surface area contributed by atoms with Gasteiger partial charge in [0.1, 0.15) is 0 Å². The van der Waals surface area contributed by atoms with Gasteiger partial charge in [0.15, 0.2) is 0 Å². The number of nitrogens with one attached hydrogen (secondary N) is 1. The first-order valence-electron chi connectivity index (χ1n) is 6.27. The molecule has 1 aromatic rings. The maximum atomic E-state index is 12.6.